The van der Waals surface area contributed by atoms with Crippen LogP contribution in [0.3, 0.4) is 0 Å². The van der Waals surface area contributed by atoms with Crippen molar-refractivity contribution in [1.82, 2.24) is 9.97 Å². The number of fused-ring (bicyclic) bond motifs is 1. The SMILES string of the molecule is Clc1nc2ccccc2nc1Sc1ccccc1. The van der Waals surface area contributed by atoms with Gasteiger partial charge in [-0.15, -0.1) is 0 Å². The van der Waals surface area contributed by atoms with Crippen LogP contribution in [0, 0.1) is 0 Å². The zero-order chi connectivity index (χ0) is 12.4. The topological polar surface area (TPSA) is 25.8 Å². The van der Waals surface area contributed by atoms with Gasteiger partial charge in [-0.2, -0.15) is 0 Å². The number of para-hydroxylation sites is 2. The molecule has 0 radical (unpaired) electrons. The maximum absolute atomic E-state index is 6.16. The van der Waals surface area contributed by atoms with Crippen molar-refractivity contribution in [3.63, 3.8) is 0 Å². The predicted octanol–water partition coefficient (Wildman–Crippen LogP) is 4.43. The lowest BCUT2D eigenvalue weighted by molar-refractivity contribution is 1.12. The number of halogens is 1. The first kappa shape index (κ1) is 11.5. The van der Waals surface area contributed by atoms with Crippen LogP contribution >= 0.6 is 23.4 Å². The third-order valence-corrected chi connectivity index (χ3v) is 3.82. The summed E-state index contributed by atoms with van der Waals surface area (Å²) in [6.07, 6.45) is 0. The van der Waals surface area contributed by atoms with Crippen molar-refractivity contribution in [2.24, 2.45) is 0 Å². The Bertz CT molecular complexity index is 686. The van der Waals surface area contributed by atoms with Crippen molar-refractivity contribution in [3.8, 4) is 0 Å². The van der Waals surface area contributed by atoms with E-state index >= 15 is 0 Å². The number of nitrogens with zero attached hydrogens (tertiary/aromatic N) is 2. The van der Waals surface area contributed by atoms with E-state index in [0.717, 1.165) is 21.0 Å². The van der Waals surface area contributed by atoms with Crippen molar-refractivity contribution in [2.45, 2.75) is 9.92 Å². The first-order valence-electron chi connectivity index (χ1n) is 5.48. The highest BCUT2D eigenvalue weighted by Gasteiger charge is 2.07. The molecule has 0 amide bonds. The van der Waals surface area contributed by atoms with Gasteiger partial charge >= 0.3 is 0 Å². The fraction of sp³-hybridized carbons (Fsp3) is 0. The highest BCUT2D eigenvalue weighted by atomic mass is 35.5. The van der Waals surface area contributed by atoms with E-state index in [4.69, 9.17) is 11.6 Å². The highest BCUT2D eigenvalue weighted by molar-refractivity contribution is 7.99. The Kier molecular flexibility index (Phi) is 3.17. The van der Waals surface area contributed by atoms with Gasteiger partial charge in [0.05, 0.1) is 11.0 Å². The number of hydrogen-bond acceptors (Lipinski definition) is 3. The van der Waals surface area contributed by atoms with Crippen LogP contribution in [0.1, 0.15) is 0 Å². The number of rotatable bonds is 2. The summed E-state index contributed by atoms with van der Waals surface area (Å²) < 4.78 is 0. The number of benzene rings is 2. The Labute approximate surface area is 114 Å². The fourth-order valence-corrected chi connectivity index (χ4v) is 2.67. The first-order valence-corrected chi connectivity index (χ1v) is 6.67. The molecule has 0 aliphatic heterocycles. The Hall–Kier alpha value is -1.58. The second-order valence-electron chi connectivity index (χ2n) is 3.72. The molecule has 88 valence electrons. The molecule has 2 nitrogen and oxygen atoms in total. The zero-order valence-electron chi connectivity index (χ0n) is 9.38. The maximum Gasteiger partial charge on any atom is 0.162 e. The Morgan fingerprint density at radius 3 is 2.11 bits per heavy atom. The van der Waals surface area contributed by atoms with Crippen molar-refractivity contribution >= 4 is 34.4 Å². The smallest absolute Gasteiger partial charge is 0.162 e. The molecule has 0 saturated carbocycles. The molecule has 0 N–H and O–H groups in total. The fourth-order valence-electron chi connectivity index (χ4n) is 1.63. The van der Waals surface area contributed by atoms with Crippen LogP contribution in [0.15, 0.2) is 64.5 Å². The molecule has 0 saturated heterocycles. The lowest BCUT2D eigenvalue weighted by Gasteiger charge is -2.04. The maximum atomic E-state index is 6.16. The molecule has 4 heteroatoms. The molecule has 0 spiro atoms. The molecule has 1 heterocycles. The molecule has 0 fully saturated rings. The van der Waals surface area contributed by atoms with E-state index in [1.807, 2.05) is 54.6 Å². The quantitative estimate of drug-likeness (QED) is 0.690. The van der Waals surface area contributed by atoms with Crippen molar-refractivity contribution < 1.29 is 0 Å². The van der Waals surface area contributed by atoms with E-state index in [9.17, 15) is 0 Å². The van der Waals surface area contributed by atoms with Crippen LogP contribution in [0.4, 0.5) is 0 Å². The Balaban J connectivity index is 2.04. The normalized spacial score (nSPS) is 10.7. The van der Waals surface area contributed by atoms with Crippen molar-refractivity contribution in [3.05, 3.63) is 59.8 Å². The third-order valence-electron chi connectivity index (χ3n) is 2.46. The number of aromatic nitrogens is 2. The summed E-state index contributed by atoms with van der Waals surface area (Å²) >= 11 is 7.68. The van der Waals surface area contributed by atoms with E-state index < -0.39 is 0 Å². The largest absolute Gasteiger partial charge is 0.236 e. The van der Waals surface area contributed by atoms with Crippen LogP contribution in [0.2, 0.25) is 5.15 Å². The summed E-state index contributed by atoms with van der Waals surface area (Å²) in [6.45, 7) is 0. The van der Waals surface area contributed by atoms with Gasteiger partial charge in [-0.05, 0) is 24.3 Å². The van der Waals surface area contributed by atoms with E-state index in [1.165, 1.54) is 11.8 Å². The van der Waals surface area contributed by atoms with Gasteiger partial charge in [-0.3, -0.25) is 0 Å². The second-order valence-corrected chi connectivity index (χ2v) is 5.14. The van der Waals surface area contributed by atoms with Gasteiger partial charge in [0.2, 0.25) is 0 Å². The minimum absolute atomic E-state index is 0.447. The standard InChI is InChI=1S/C14H9ClN2S/c15-13-14(18-10-6-2-1-3-7-10)17-12-9-5-4-8-11(12)16-13/h1-9H. The lowest BCUT2D eigenvalue weighted by Crippen LogP contribution is -1.89. The molecule has 2 aromatic carbocycles. The van der Waals surface area contributed by atoms with Gasteiger partial charge in [0, 0.05) is 4.90 Å². The Morgan fingerprint density at radius 2 is 1.39 bits per heavy atom. The van der Waals surface area contributed by atoms with E-state index in [2.05, 4.69) is 9.97 Å². The first-order chi connectivity index (χ1) is 8.83. The van der Waals surface area contributed by atoms with Gasteiger partial charge in [-0.1, -0.05) is 53.7 Å². The van der Waals surface area contributed by atoms with E-state index in [1.54, 1.807) is 0 Å². The third kappa shape index (κ3) is 2.33. The van der Waals surface area contributed by atoms with Crippen LogP contribution in [0.25, 0.3) is 11.0 Å². The molecule has 0 aliphatic rings. The molecule has 0 bridgehead atoms. The number of hydrogen-bond donors (Lipinski definition) is 0. The second kappa shape index (κ2) is 4.96. The minimum Gasteiger partial charge on any atom is -0.236 e. The Morgan fingerprint density at radius 1 is 0.778 bits per heavy atom. The molecule has 1 aromatic heterocycles. The minimum atomic E-state index is 0.447. The molecule has 0 unspecified atom stereocenters. The average molecular weight is 273 g/mol. The molecule has 3 aromatic rings. The molecule has 0 aliphatic carbocycles. The van der Waals surface area contributed by atoms with Gasteiger partial charge in [0.1, 0.15) is 5.03 Å². The zero-order valence-corrected chi connectivity index (χ0v) is 10.9. The van der Waals surface area contributed by atoms with Gasteiger partial charge in [0.25, 0.3) is 0 Å². The molecular formula is C14H9ClN2S. The van der Waals surface area contributed by atoms with Crippen LogP contribution in [-0.2, 0) is 0 Å². The van der Waals surface area contributed by atoms with Gasteiger partial charge in [0.15, 0.2) is 5.15 Å². The summed E-state index contributed by atoms with van der Waals surface area (Å²) in [6, 6.07) is 17.7. The van der Waals surface area contributed by atoms with E-state index in [-0.39, 0.29) is 0 Å². The lowest BCUT2D eigenvalue weighted by atomic mass is 10.3. The van der Waals surface area contributed by atoms with Crippen molar-refractivity contribution in [2.75, 3.05) is 0 Å². The monoisotopic (exact) mass is 272 g/mol. The highest BCUT2D eigenvalue weighted by Crippen LogP contribution is 2.31. The molecule has 18 heavy (non-hydrogen) atoms. The summed E-state index contributed by atoms with van der Waals surface area (Å²) in [4.78, 5) is 9.99. The van der Waals surface area contributed by atoms with Crippen molar-refractivity contribution in [1.29, 1.82) is 0 Å². The van der Waals surface area contributed by atoms with Gasteiger partial charge < -0.3 is 0 Å². The van der Waals surface area contributed by atoms with Gasteiger partial charge in [-0.25, -0.2) is 9.97 Å². The van der Waals surface area contributed by atoms with Crippen LogP contribution < -0.4 is 0 Å². The van der Waals surface area contributed by atoms with Crippen LogP contribution in [0.5, 0.6) is 0 Å². The molecular weight excluding hydrogens is 264 g/mol. The average Bonchev–Trinajstić information content (AvgIpc) is 2.41. The van der Waals surface area contributed by atoms with Crippen LogP contribution in [-0.4, -0.2) is 9.97 Å². The summed E-state index contributed by atoms with van der Waals surface area (Å²) in [7, 11) is 0. The van der Waals surface area contributed by atoms with E-state index in [0.29, 0.717) is 5.15 Å². The molecule has 0 atom stereocenters. The summed E-state index contributed by atoms with van der Waals surface area (Å²) in [5.74, 6) is 0. The molecule has 3 rings (SSSR count). The summed E-state index contributed by atoms with van der Waals surface area (Å²) in [5.41, 5.74) is 1.68. The summed E-state index contributed by atoms with van der Waals surface area (Å²) in [5, 5.41) is 1.18. The predicted molar refractivity (Wildman–Crippen MR) is 75.1 cm³/mol.